The van der Waals surface area contributed by atoms with Gasteiger partial charge in [-0.1, -0.05) is 17.3 Å². The summed E-state index contributed by atoms with van der Waals surface area (Å²) in [4.78, 5) is 24.1. The first-order valence-electron chi connectivity index (χ1n) is 9.93. The van der Waals surface area contributed by atoms with E-state index in [4.69, 9.17) is 5.73 Å². The lowest BCUT2D eigenvalue weighted by Gasteiger charge is -2.09. The number of anilines is 1. The maximum Gasteiger partial charge on any atom is 0.573 e. The molecule has 0 radical (unpaired) electrons. The van der Waals surface area contributed by atoms with Crippen molar-refractivity contribution in [3.05, 3.63) is 70.4 Å². The van der Waals surface area contributed by atoms with Gasteiger partial charge < -0.3 is 15.0 Å². The number of halogens is 3. The second-order valence-corrected chi connectivity index (χ2v) is 7.18. The first-order chi connectivity index (χ1) is 15.2. The molecule has 2 aromatic heterocycles. The molecule has 2 heterocycles. The van der Waals surface area contributed by atoms with Gasteiger partial charge in [0, 0.05) is 37.5 Å². The van der Waals surface area contributed by atoms with Crippen LogP contribution in [0.1, 0.15) is 35.3 Å². The van der Waals surface area contributed by atoms with Crippen LogP contribution in [0.25, 0.3) is 0 Å². The van der Waals surface area contributed by atoms with E-state index in [1.54, 1.807) is 33.8 Å². The van der Waals surface area contributed by atoms with Crippen LogP contribution >= 0.6 is 0 Å². The summed E-state index contributed by atoms with van der Waals surface area (Å²) in [5, 5.41) is 7.81. The fourth-order valence-electron chi connectivity index (χ4n) is 3.08. The predicted molar refractivity (Wildman–Crippen MR) is 110 cm³/mol. The Morgan fingerprint density at radius 1 is 1.12 bits per heavy atom. The van der Waals surface area contributed by atoms with E-state index in [1.807, 2.05) is 0 Å². The van der Waals surface area contributed by atoms with Crippen molar-refractivity contribution in [3.63, 3.8) is 0 Å². The second-order valence-electron chi connectivity index (χ2n) is 7.18. The Morgan fingerprint density at radius 2 is 1.91 bits per heavy atom. The molecule has 0 aliphatic carbocycles. The summed E-state index contributed by atoms with van der Waals surface area (Å²) in [5.74, 6) is -0.582. The summed E-state index contributed by atoms with van der Waals surface area (Å²) in [7, 11) is 0. The second kappa shape index (κ2) is 10.1. The Labute approximate surface area is 181 Å². The summed E-state index contributed by atoms with van der Waals surface area (Å²) >= 11 is 0. The normalized spacial score (nSPS) is 11.5. The van der Waals surface area contributed by atoms with E-state index in [9.17, 15) is 22.8 Å². The number of nitrogen functional groups attached to an aromatic ring is 1. The summed E-state index contributed by atoms with van der Waals surface area (Å²) in [5.41, 5.74) is 6.57. The highest BCUT2D eigenvalue weighted by molar-refractivity contribution is 5.93. The maximum absolute atomic E-state index is 12.3. The summed E-state index contributed by atoms with van der Waals surface area (Å²) in [6.07, 6.45) is 0.197. The summed E-state index contributed by atoms with van der Waals surface area (Å²) in [6, 6.07) is 8.55. The number of alkyl halides is 3. The molecule has 32 heavy (non-hydrogen) atoms. The maximum atomic E-state index is 12.3. The van der Waals surface area contributed by atoms with Crippen molar-refractivity contribution >= 4 is 11.5 Å². The van der Waals surface area contributed by atoms with Crippen molar-refractivity contribution in [3.8, 4) is 5.75 Å². The number of aryl methyl sites for hydroxylation is 3. The van der Waals surface area contributed by atoms with Gasteiger partial charge in [0.25, 0.3) is 5.56 Å². The third kappa shape index (κ3) is 6.96. The molecule has 0 fully saturated rings. The van der Waals surface area contributed by atoms with E-state index in [0.717, 1.165) is 12.8 Å². The quantitative estimate of drug-likeness (QED) is 0.376. The Morgan fingerprint density at radius 3 is 2.66 bits per heavy atom. The van der Waals surface area contributed by atoms with Crippen molar-refractivity contribution in [2.24, 2.45) is 0 Å². The van der Waals surface area contributed by atoms with Crippen molar-refractivity contribution in [2.75, 3.05) is 5.73 Å². The number of benzene rings is 1. The number of hydrogen-bond acceptors (Lipinski definition) is 6. The molecule has 3 rings (SSSR count). The largest absolute Gasteiger partial charge is 0.573 e. The van der Waals surface area contributed by atoms with Crippen molar-refractivity contribution in [1.29, 1.82) is 0 Å². The number of carbonyl (C=O) groups is 1. The Bertz CT molecular complexity index is 1120. The number of aromatic nitrogens is 4. The molecular formula is C21H22F3N5O3. The van der Waals surface area contributed by atoms with E-state index in [-0.39, 0.29) is 35.6 Å². The monoisotopic (exact) mass is 449 g/mol. The van der Waals surface area contributed by atoms with Gasteiger partial charge in [-0.3, -0.25) is 14.3 Å². The highest BCUT2D eigenvalue weighted by atomic mass is 19.4. The first kappa shape index (κ1) is 23.0. The highest BCUT2D eigenvalue weighted by Gasteiger charge is 2.31. The molecule has 0 amide bonds. The number of pyridine rings is 1. The molecule has 0 bridgehead atoms. The van der Waals surface area contributed by atoms with Crippen molar-refractivity contribution in [1.82, 2.24) is 19.6 Å². The molecule has 0 atom stereocenters. The van der Waals surface area contributed by atoms with Crippen molar-refractivity contribution in [2.45, 2.75) is 45.1 Å². The number of carbonyl (C=O) groups excluding carboxylic acids is 1. The third-order valence-electron chi connectivity index (χ3n) is 4.65. The SMILES string of the molecule is Nc1ccn(CCCCn2cc(C(=O)CCc3cccc(OC(F)(F)F)c3)nn2)c(=O)c1. The average Bonchev–Trinajstić information content (AvgIpc) is 3.19. The van der Waals surface area contributed by atoms with Gasteiger partial charge in [0.1, 0.15) is 11.4 Å². The van der Waals surface area contributed by atoms with Crippen LogP contribution in [-0.2, 0) is 19.5 Å². The number of ketones is 1. The molecule has 2 N–H and O–H groups in total. The number of hydrogen-bond donors (Lipinski definition) is 1. The Kier molecular flexibility index (Phi) is 7.29. The molecule has 170 valence electrons. The molecule has 3 aromatic rings. The zero-order valence-electron chi connectivity index (χ0n) is 17.1. The van der Waals surface area contributed by atoms with Gasteiger partial charge in [-0.25, -0.2) is 0 Å². The molecule has 0 saturated carbocycles. The molecule has 0 saturated heterocycles. The van der Waals surface area contributed by atoms with Crippen molar-refractivity contribution < 1.29 is 22.7 Å². The van der Waals surface area contributed by atoms with Gasteiger partial charge in [-0.15, -0.1) is 18.3 Å². The van der Waals surface area contributed by atoms with Crippen LogP contribution in [0.4, 0.5) is 18.9 Å². The highest BCUT2D eigenvalue weighted by Crippen LogP contribution is 2.23. The number of nitrogens with two attached hydrogens (primary N) is 1. The molecular weight excluding hydrogens is 427 g/mol. The molecule has 11 heteroatoms. The minimum atomic E-state index is -4.77. The number of ether oxygens (including phenoxy) is 1. The summed E-state index contributed by atoms with van der Waals surface area (Å²) < 4.78 is 44.0. The van der Waals surface area contributed by atoms with Crippen LogP contribution in [0.15, 0.2) is 53.6 Å². The molecule has 0 spiro atoms. The third-order valence-corrected chi connectivity index (χ3v) is 4.65. The lowest BCUT2D eigenvalue weighted by Crippen LogP contribution is -2.19. The fourth-order valence-corrected chi connectivity index (χ4v) is 3.08. The number of rotatable bonds is 10. The Hall–Kier alpha value is -3.63. The molecule has 0 aliphatic heterocycles. The minimum Gasteiger partial charge on any atom is -0.406 e. The van der Waals surface area contributed by atoms with E-state index in [0.29, 0.717) is 24.3 Å². The van der Waals surface area contributed by atoms with Crippen LogP contribution in [-0.4, -0.2) is 31.7 Å². The van der Waals surface area contributed by atoms with Gasteiger partial charge in [-0.2, -0.15) is 0 Å². The Balaban J connectivity index is 1.45. The van der Waals surface area contributed by atoms with E-state index in [2.05, 4.69) is 15.0 Å². The molecule has 1 aromatic carbocycles. The van der Waals surface area contributed by atoms with Crippen LogP contribution < -0.4 is 16.0 Å². The smallest absolute Gasteiger partial charge is 0.406 e. The van der Waals surface area contributed by atoms with Crippen LogP contribution in [0, 0.1) is 0 Å². The van der Waals surface area contributed by atoms with Gasteiger partial charge in [-0.05, 0) is 43.0 Å². The lowest BCUT2D eigenvalue weighted by molar-refractivity contribution is -0.274. The first-order valence-corrected chi connectivity index (χ1v) is 9.93. The van der Waals surface area contributed by atoms with E-state index >= 15 is 0 Å². The van der Waals surface area contributed by atoms with Gasteiger partial charge >= 0.3 is 6.36 Å². The number of Topliss-reactive ketones (excluding diaryl/α,β-unsaturated/α-hetero) is 1. The van der Waals surface area contributed by atoms with E-state index in [1.165, 1.54) is 24.3 Å². The predicted octanol–water partition coefficient (Wildman–Crippen LogP) is 3.22. The molecule has 0 aliphatic rings. The topological polar surface area (TPSA) is 105 Å². The number of unbranched alkanes of at least 4 members (excludes halogenated alkanes) is 1. The fraction of sp³-hybridized carbons (Fsp3) is 0.333. The lowest BCUT2D eigenvalue weighted by atomic mass is 10.1. The molecule has 8 nitrogen and oxygen atoms in total. The zero-order valence-corrected chi connectivity index (χ0v) is 17.1. The zero-order chi connectivity index (χ0) is 23.1. The average molecular weight is 449 g/mol. The summed E-state index contributed by atoms with van der Waals surface area (Å²) in [6.45, 7) is 1.07. The van der Waals surface area contributed by atoms with Crippen LogP contribution in [0.5, 0.6) is 5.75 Å². The van der Waals surface area contributed by atoms with Crippen LogP contribution in [0.3, 0.4) is 0 Å². The van der Waals surface area contributed by atoms with Gasteiger partial charge in [0.2, 0.25) is 0 Å². The molecule has 0 unspecified atom stereocenters. The van der Waals surface area contributed by atoms with Gasteiger partial charge in [0.15, 0.2) is 5.78 Å². The minimum absolute atomic E-state index is 0.0776. The van der Waals surface area contributed by atoms with Crippen LogP contribution in [0.2, 0.25) is 0 Å². The standard InChI is InChI=1S/C21H22F3N5O3/c22-21(23,24)32-17-5-3-4-15(12-17)6-7-19(30)18-14-29(27-26-18)10-2-1-9-28-11-8-16(25)13-20(28)31/h3-5,8,11-14H,1-2,6-7,9-10,25H2. The number of nitrogens with zero attached hydrogens (tertiary/aromatic N) is 4. The van der Waals surface area contributed by atoms with E-state index < -0.39 is 6.36 Å². The van der Waals surface area contributed by atoms with Gasteiger partial charge in [0.05, 0.1) is 6.20 Å².